The topological polar surface area (TPSA) is 67.2 Å². The molecule has 1 aliphatic rings. The number of anilines is 3. The molecule has 0 aromatic heterocycles. The summed E-state index contributed by atoms with van der Waals surface area (Å²) in [5, 5.41) is 6.22. The van der Waals surface area contributed by atoms with E-state index in [1.165, 1.54) is 3.57 Å². The van der Waals surface area contributed by atoms with Crippen molar-refractivity contribution < 1.29 is 4.79 Å². The zero-order valence-corrected chi connectivity index (χ0v) is 13.6. The summed E-state index contributed by atoms with van der Waals surface area (Å²) in [6.07, 6.45) is 2.15. The van der Waals surface area contributed by atoms with Crippen molar-refractivity contribution in [3.63, 3.8) is 0 Å². The van der Waals surface area contributed by atoms with Crippen LogP contribution >= 0.6 is 22.6 Å². The van der Waals surface area contributed by atoms with Crippen LogP contribution < -0.4 is 16.4 Å². The smallest absolute Gasteiger partial charge is 0.251 e. The average molecular weight is 393 g/mol. The van der Waals surface area contributed by atoms with Gasteiger partial charge in [0.15, 0.2) is 0 Å². The fraction of sp³-hybridized carbons (Fsp3) is 0.188. The number of rotatable bonds is 4. The fourth-order valence-electron chi connectivity index (χ4n) is 2.00. The van der Waals surface area contributed by atoms with Gasteiger partial charge in [-0.1, -0.05) is 0 Å². The highest BCUT2D eigenvalue weighted by molar-refractivity contribution is 14.1. The van der Waals surface area contributed by atoms with E-state index in [0.29, 0.717) is 17.3 Å². The summed E-state index contributed by atoms with van der Waals surface area (Å²) in [6.45, 7) is 0. The molecular formula is C16H16IN3O. The second-order valence-electron chi connectivity index (χ2n) is 5.18. The van der Waals surface area contributed by atoms with E-state index in [9.17, 15) is 4.79 Å². The lowest BCUT2D eigenvalue weighted by molar-refractivity contribution is 0.0951. The van der Waals surface area contributed by atoms with Gasteiger partial charge in [0.1, 0.15) is 0 Å². The highest BCUT2D eigenvalue weighted by atomic mass is 127. The van der Waals surface area contributed by atoms with Crippen molar-refractivity contribution in [1.82, 2.24) is 5.32 Å². The number of carbonyl (C=O) groups is 1. The number of halogens is 1. The summed E-state index contributed by atoms with van der Waals surface area (Å²) < 4.78 is 1.18. The van der Waals surface area contributed by atoms with Crippen LogP contribution in [0.1, 0.15) is 23.2 Å². The van der Waals surface area contributed by atoms with Gasteiger partial charge in [-0.25, -0.2) is 0 Å². The highest BCUT2D eigenvalue weighted by Crippen LogP contribution is 2.25. The second kappa shape index (κ2) is 5.93. The highest BCUT2D eigenvalue weighted by Gasteiger charge is 2.23. The maximum atomic E-state index is 12.0. The zero-order chi connectivity index (χ0) is 14.8. The number of hydrogen-bond acceptors (Lipinski definition) is 3. The summed E-state index contributed by atoms with van der Waals surface area (Å²) in [7, 11) is 0. The first-order chi connectivity index (χ1) is 10.1. The number of nitrogens with two attached hydrogens (primary N) is 1. The molecule has 0 spiro atoms. The van der Waals surface area contributed by atoms with Crippen molar-refractivity contribution in [2.75, 3.05) is 11.1 Å². The molecule has 108 valence electrons. The molecule has 5 heteroatoms. The van der Waals surface area contributed by atoms with Gasteiger partial charge < -0.3 is 16.4 Å². The average Bonchev–Trinajstić information content (AvgIpc) is 3.27. The first-order valence-electron chi connectivity index (χ1n) is 6.85. The molecule has 0 radical (unpaired) electrons. The summed E-state index contributed by atoms with van der Waals surface area (Å²) in [6, 6.07) is 13.7. The van der Waals surface area contributed by atoms with Gasteiger partial charge in [0, 0.05) is 20.9 Å². The monoisotopic (exact) mass is 393 g/mol. The van der Waals surface area contributed by atoms with Crippen LogP contribution in [0.25, 0.3) is 0 Å². The van der Waals surface area contributed by atoms with E-state index in [0.717, 1.165) is 24.2 Å². The lowest BCUT2D eigenvalue weighted by Gasteiger charge is -2.11. The Bertz CT molecular complexity index is 666. The standard InChI is InChI=1S/C16H16IN3O/c17-11-2-4-12(5-3-11)19-15-8-1-10(9-14(15)18)16(21)20-13-6-7-13/h1-5,8-9,13,19H,6-7,18H2,(H,20,21). The predicted octanol–water partition coefficient (Wildman–Crippen LogP) is 3.51. The molecule has 3 rings (SSSR count). The van der Waals surface area contributed by atoms with E-state index >= 15 is 0 Å². The van der Waals surface area contributed by atoms with Gasteiger partial charge in [-0.3, -0.25) is 4.79 Å². The van der Waals surface area contributed by atoms with Crippen molar-refractivity contribution in [3.8, 4) is 0 Å². The maximum Gasteiger partial charge on any atom is 0.251 e. The zero-order valence-electron chi connectivity index (χ0n) is 11.4. The summed E-state index contributed by atoms with van der Waals surface area (Å²) in [5.41, 5.74) is 8.98. The van der Waals surface area contributed by atoms with Crippen LogP contribution in [0.2, 0.25) is 0 Å². The van der Waals surface area contributed by atoms with Gasteiger partial charge in [-0.05, 0) is 77.9 Å². The molecule has 4 N–H and O–H groups in total. The minimum atomic E-state index is -0.0509. The molecule has 2 aromatic carbocycles. The fourth-order valence-corrected chi connectivity index (χ4v) is 2.36. The van der Waals surface area contributed by atoms with Crippen molar-refractivity contribution in [3.05, 3.63) is 51.6 Å². The number of carbonyl (C=O) groups excluding carboxylic acids is 1. The molecule has 0 aliphatic heterocycles. The molecule has 4 nitrogen and oxygen atoms in total. The Hall–Kier alpha value is -1.76. The van der Waals surface area contributed by atoms with Crippen molar-refractivity contribution >= 4 is 45.6 Å². The third kappa shape index (κ3) is 3.66. The Labute approximate surface area is 137 Å². The van der Waals surface area contributed by atoms with Crippen molar-refractivity contribution in [2.24, 2.45) is 0 Å². The van der Waals surface area contributed by atoms with Crippen LogP contribution in [0.5, 0.6) is 0 Å². The SMILES string of the molecule is Nc1cc(C(=O)NC2CC2)ccc1Nc1ccc(I)cc1. The van der Waals surface area contributed by atoms with Gasteiger partial charge in [0.05, 0.1) is 11.4 Å². The van der Waals surface area contributed by atoms with Crippen LogP contribution in [0, 0.1) is 3.57 Å². The molecule has 0 bridgehead atoms. The van der Waals surface area contributed by atoms with Crippen molar-refractivity contribution in [1.29, 1.82) is 0 Å². The minimum Gasteiger partial charge on any atom is -0.397 e. The molecule has 21 heavy (non-hydrogen) atoms. The molecule has 2 aromatic rings. The lowest BCUT2D eigenvalue weighted by Crippen LogP contribution is -2.25. The first kappa shape index (κ1) is 14.2. The van der Waals surface area contributed by atoms with Crippen molar-refractivity contribution in [2.45, 2.75) is 18.9 Å². The number of benzene rings is 2. The maximum absolute atomic E-state index is 12.0. The van der Waals surface area contributed by atoms with Crippen LogP contribution in [0.15, 0.2) is 42.5 Å². The van der Waals surface area contributed by atoms with E-state index in [2.05, 4.69) is 33.2 Å². The summed E-state index contributed by atoms with van der Waals surface area (Å²) >= 11 is 2.26. The van der Waals surface area contributed by atoms with Crippen LogP contribution in [-0.2, 0) is 0 Å². The largest absolute Gasteiger partial charge is 0.397 e. The van der Waals surface area contributed by atoms with Crippen LogP contribution in [-0.4, -0.2) is 11.9 Å². The predicted molar refractivity (Wildman–Crippen MR) is 93.8 cm³/mol. The molecule has 1 saturated carbocycles. The van der Waals surface area contributed by atoms with E-state index in [1.807, 2.05) is 30.3 Å². The second-order valence-corrected chi connectivity index (χ2v) is 6.43. The van der Waals surface area contributed by atoms with Crippen LogP contribution in [0.3, 0.4) is 0 Å². The normalized spacial score (nSPS) is 13.8. The third-order valence-corrected chi connectivity index (χ3v) is 4.07. The van der Waals surface area contributed by atoms with Gasteiger partial charge in [0.25, 0.3) is 5.91 Å². The van der Waals surface area contributed by atoms with Gasteiger partial charge in [0.2, 0.25) is 0 Å². The number of amides is 1. The molecule has 0 saturated heterocycles. The Kier molecular flexibility index (Phi) is 4.01. The molecule has 1 fully saturated rings. The molecular weight excluding hydrogens is 377 g/mol. The Balaban J connectivity index is 1.74. The summed E-state index contributed by atoms with van der Waals surface area (Å²) in [5.74, 6) is -0.0509. The Morgan fingerprint density at radius 3 is 2.48 bits per heavy atom. The number of hydrogen-bond donors (Lipinski definition) is 3. The number of nitrogen functional groups attached to an aromatic ring is 1. The van der Waals surface area contributed by atoms with Gasteiger partial charge >= 0.3 is 0 Å². The minimum absolute atomic E-state index is 0.0509. The lowest BCUT2D eigenvalue weighted by atomic mass is 10.1. The third-order valence-electron chi connectivity index (χ3n) is 3.35. The molecule has 0 heterocycles. The van der Waals surface area contributed by atoms with Gasteiger partial charge in [-0.2, -0.15) is 0 Å². The first-order valence-corrected chi connectivity index (χ1v) is 7.93. The van der Waals surface area contributed by atoms with E-state index < -0.39 is 0 Å². The molecule has 1 aliphatic carbocycles. The van der Waals surface area contributed by atoms with E-state index in [4.69, 9.17) is 5.73 Å². The van der Waals surface area contributed by atoms with E-state index in [1.54, 1.807) is 12.1 Å². The van der Waals surface area contributed by atoms with E-state index in [-0.39, 0.29) is 5.91 Å². The number of nitrogens with one attached hydrogen (secondary N) is 2. The molecule has 0 atom stereocenters. The Morgan fingerprint density at radius 1 is 1.14 bits per heavy atom. The van der Waals surface area contributed by atoms with Crippen LogP contribution in [0.4, 0.5) is 17.1 Å². The molecule has 0 unspecified atom stereocenters. The summed E-state index contributed by atoms with van der Waals surface area (Å²) in [4.78, 5) is 12.0. The molecule has 1 amide bonds. The Morgan fingerprint density at radius 2 is 1.86 bits per heavy atom. The quantitative estimate of drug-likeness (QED) is 0.550. The van der Waals surface area contributed by atoms with Gasteiger partial charge in [-0.15, -0.1) is 0 Å².